The lowest BCUT2D eigenvalue weighted by Crippen LogP contribution is -2.14. The number of hydrogen-bond acceptors (Lipinski definition) is 4. The summed E-state index contributed by atoms with van der Waals surface area (Å²) in [5.41, 5.74) is 0. The molecule has 0 amide bonds. The maximum Gasteiger partial charge on any atom is 0.0424 e. The normalized spacial score (nSPS) is 24.0. The molecule has 1 aliphatic rings. The van der Waals surface area contributed by atoms with Crippen LogP contribution in [0, 0.1) is 0 Å². The van der Waals surface area contributed by atoms with Gasteiger partial charge in [0, 0.05) is 34.8 Å². The summed E-state index contributed by atoms with van der Waals surface area (Å²) in [4.78, 5) is 0. The summed E-state index contributed by atoms with van der Waals surface area (Å²) in [5, 5.41) is 3.37. The third-order valence-corrected chi connectivity index (χ3v) is 4.46. The third-order valence-electron chi connectivity index (χ3n) is 1.15. The Hall–Kier alpha value is 1.01. The van der Waals surface area contributed by atoms with Crippen molar-refractivity contribution in [1.29, 1.82) is 0 Å². The van der Waals surface area contributed by atoms with E-state index >= 15 is 0 Å². The van der Waals surface area contributed by atoms with Crippen molar-refractivity contribution in [2.75, 3.05) is 34.8 Å². The standard InChI is InChI=1S/C6H13NS3/c1-3-9-5-7-6-10-4-2-8-1/h7H,1-6H2. The molecule has 0 atom stereocenters. The maximum absolute atomic E-state index is 3.37. The Balaban J connectivity index is 2.00. The maximum atomic E-state index is 3.37. The molecule has 4 heteroatoms. The summed E-state index contributed by atoms with van der Waals surface area (Å²) in [6.07, 6.45) is 0. The molecule has 0 saturated carbocycles. The van der Waals surface area contributed by atoms with Gasteiger partial charge in [-0.25, -0.2) is 0 Å². The van der Waals surface area contributed by atoms with E-state index in [2.05, 4.69) is 17.1 Å². The average molecular weight is 195 g/mol. The Labute approximate surface area is 75.5 Å². The summed E-state index contributed by atoms with van der Waals surface area (Å²) in [6, 6.07) is 0. The molecule has 1 N–H and O–H groups in total. The molecule has 0 aromatic rings. The van der Waals surface area contributed by atoms with Gasteiger partial charge in [0.05, 0.1) is 0 Å². The van der Waals surface area contributed by atoms with Crippen molar-refractivity contribution in [3.8, 4) is 0 Å². The summed E-state index contributed by atoms with van der Waals surface area (Å²) in [5.74, 6) is 7.53. The zero-order valence-electron chi connectivity index (χ0n) is 5.97. The molecule has 10 heavy (non-hydrogen) atoms. The number of thioether (sulfide) groups is 3. The van der Waals surface area contributed by atoms with Crippen LogP contribution in [-0.2, 0) is 0 Å². The molecule has 0 spiro atoms. The molecule has 0 aromatic heterocycles. The molecule has 0 aromatic carbocycles. The van der Waals surface area contributed by atoms with E-state index in [9.17, 15) is 0 Å². The minimum absolute atomic E-state index is 1.13. The van der Waals surface area contributed by atoms with Crippen LogP contribution in [-0.4, -0.2) is 34.8 Å². The van der Waals surface area contributed by atoms with Crippen LogP contribution in [0.25, 0.3) is 0 Å². The second-order valence-electron chi connectivity index (χ2n) is 1.97. The Bertz CT molecular complexity index is 46.2. The van der Waals surface area contributed by atoms with Crippen molar-refractivity contribution in [2.45, 2.75) is 0 Å². The van der Waals surface area contributed by atoms with Crippen molar-refractivity contribution in [3.63, 3.8) is 0 Å². The van der Waals surface area contributed by atoms with Crippen LogP contribution in [0.4, 0.5) is 0 Å². The van der Waals surface area contributed by atoms with E-state index in [1.165, 1.54) is 23.0 Å². The van der Waals surface area contributed by atoms with Crippen LogP contribution in [0.2, 0.25) is 0 Å². The van der Waals surface area contributed by atoms with Crippen molar-refractivity contribution in [2.24, 2.45) is 0 Å². The highest BCUT2D eigenvalue weighted by Crippen LogP contribution is 2.10. The number of hydrogen-bond donors (Lipinski definition) is 1. The zero-order valence-corrected chi connectivity index (χ0v) is 8.42. The summed E-state index contributed by atoms with van der Waals surface area (Å²) < 4.78 is 0. The van der Waals surface area contributed by atoms with Gasteiger partial charge < -0.3 is 0 Å². The van der Waals surface area contributed by atoms with Crippen molar-refractivity contribution in [1.82, 2.24) is 5.32 Å². The Morgan fingerprint density at radius 3 is 1.80 bits per heavy atom. The fourth-order valence-corrected chi connectivity index (χ4v) is 3.67. The monoisotopic (exact) mass is 195 g/mol. The molecule has 0 radical (unpaired) electrons. The van der Waals surface area contributed by atoms with E-state index in [0.29, 0.717) is 0 Å². The predicted octanol–water partition coefficient (Wildman–Crippen LogP) is 1.70. The largest absolute Gasteiger partial charge is 0.299 e. The van der Waals surface area contributed by atoms with Crippen molar-refractivity contribution < 1.29 is 0 Å². The first-order valence-electron chi connectivity index (χ1n) is 3.44. The zero-order chi connectivity index (χ0) is 7.07. The van der Waals surface area contributed by atoms with Crippen molar-refractivity contribution >= 4 is 35.3 Å². The summed E-state index contributed by atoms with van der Waals surface area (Å²) in [7, 11) is 0. The van der Waals surface area contributed by atoms with E-state index < -0.39 is 0 Å². The second-order valence-corrected chi connectivity index (χ2v) is 5.40. The van der Waals surface area contributed by atoms with Crippen LogP contribution in [0.5, 0.6) is 0 Å². The smallest absolute Gasteiger partial charge is 0.0424 e. The van der Waals surface area contributed by atoms with Crippen LogP contribution in [0.1, 0.15) is 0 Å². The second kappa shape index (κ2) is 6.70. The molecule has 1 fully saturated rings. The van der Waals surface area contributed by atoms with E-state index in [-0.39, 0.29) is 0 Å². The van der Waals surface area contributed by atoms with Gasteiger partial charge in [-0.3, -0.25) is 5.32 Å². The molecule has 1 saturated heterocycles. The highest BCUT2D eigenvalue weighted by molar-refractivity contribution is 8.04. The molecular weight excluding hydrogens is 182 g/mol. The van der Waals surface area contributed by atoms with Gasteiger partial charge in [0.15, 0.2) is 0 Å². The molecule has 1 rings (SSSR count). The predicted molar refractivity (Wildman–Crippen MR) is 55.1 cm³/mol. The fourth-order valence-electron chi connectivity index (χ4n) is 0.668. The molecule has 0 aliphatic carbocycles. The minimum Gasteiger partial charge on any atom is -0.299 e. The Morgan fingerprint density at radius 1 is 0.700 bits per heavy atom. The molecule has 1 aliphatic heterocycles. The summed E-state index contributed by atoms with van der Waals surface area (Å²) in [6.45, 7) is 0. The van der Waals surface area contributed by atoms with E-state index in [0.717, 1.165) is 11.8 Å². The van der Waals surface area contributed by atoms with Gasteiger partial charge in [-0.1, -0.05) is 0 Å². The van der Waals surface area contributed by atoms with E-state index in [1.54, 1.807) is 0 Å². The molecule has 1 heterocycles. The van der Waals surface area contributed by atoms with Crippen LogP contribution in [0.3, 0.4) is 0 Å². The van der Waals surface area contributed by atoms with Crippen LogP contribution >= 0.6 is 35.3 Å². The first kappa shape index (κ1) is 9.10. The van der Waals surface area contributed by atoms with Crippen LogP contribution < -0.4 is 5.32 Å². The quantitative estimate of drug-likeness (QED) is 0.631. The summed E-state index contributed by atoms with van der Waals surface area (Å²) >= 11 is 6.09. The third kappa shape index (κ3) is 4.77. The molecular formula is C6H13NS3. The number of rotatable bonds is 0. The van der Waals surface area contributed by atoms with E-state index in [4.69, 9.17) is 0 Å². The first-order chi connectivity index (χ1) is 5.00. The van der Waals surface area contributed by atoms with Gasteiger partial charge >= 0.3 is 0 Å². The van der Waals surface area contributed by atoms with Crippen molar-refractivity contribution in [3.05, 3.63) is 0 Å². The Morgan fingerprint density at radius 2 is 1.20 bits per heavy atom. The van der Waals surface area contributed by atoms with Gasteiger partial charge in [0.1, 0.15) is 0 Å². The number of nitrogens with one attached hydrogen (secondary N) is 1. The lowest BCUT2D eigenvalue weighted by atomic mass is 10.9. The lowest BCUT2D eigenvalue weighted by Gasteiger charge is -2.07. The molecule has 0 unspecified atom stereocenters. The van der Waals surface area contributed by atoms with Gasteiger partial charge in [-0.15, -0.1) is 23.5 Å². The van der Waals surface area contributed by atoms with Gasteiger partial charge in [-0.05, 0) is 0 Å². The SMILES string of the molecule is C1CSCNCSCCS1. The minimum atomic E-state index is 1.13. The average Bonchev–Trinajstić information content (AvgIpc) is 2.01. The van der Waals surface area contributed by atoms with Gasteiger partial charge in [0.2, 0.25) is 0 Å². The first-order valence-corrected chi connectivity index (χ1v) is 6.90. The van der Waals surface area contributed by atoms with Gasteiger partial charge in [0.25, 0.3) is 0 Å². The highest BCUT2D eigenvalue weighted by Gasteiger charge is 1.95. The van der Waals surface area contributed by atoms with Crippen LogP contribution in [0.15, 0.2) is 0 Å². The van der Waals surface area contributed by atoms with Gasteiger partial charge in [-0.2, -0.15) is 11.8 Å². The molecule has 1 nitrogen and oxygen atoms in total. The lowest BCUT2D eigenvalue weighted by molar-refractivity contribution is 0.948. The topological polar surface area (TPSA) is 12.0 Å². The molecule has 60 valence electrons. The fraction of sp³-hybridized carbons (Fsp3) is 1.00. The van der Waals surface area contributed by atoms with E-state index in [1.807, 2.05) is 23.5 Å². The highest BCUT2D eigenvalue weighted by atomic mass is 32.2. The Kier molecular flexibility index (Phi) is 6.10. The molecule has 0 bridgehead atoms.